The predicted molar refractivity (Wildman–Crippen MR) is 77.0 cm³/mol. The van der Waals surface area contributed by atoms with Crippen LogP contribution in [-0.4, -0.2) is 56.2 Å². The SMILES string of the molecule is COc1ccc(C(=O)NCCN(CCN)C(=O)C(F)(F)F)cc1. The van der Waals surface area contributed by atoms with E-state index in [9.17, 15) is 22.8 Å². The lowest BCUT2D eigenvalue weighted by Gasteiger charge is -2.23. The van der Waals surface area contributed by atoms with Crippen LogP contribution in [0.3, 0.4) is 0 Å². The molecule has 0 aliphatic heterocycles. The number of carbonyl (C=O) groups is 2. The molecule has 0 radical (unpaired) electrons. The van der Waals surface area contributed by atoms with Crippen LogP contribution < -0.4 is 15.8 Å². The van der Waals surface area contributed by atoms with Gasteiger partial charge in [-0.1, -0.05) is 0 Å². The second kappa shape index (κ2) is 8.37. The van der Waals surface area contributed by atoms with Crippen LogP contribution in [0, 0.1) is 0 Å². The number of benzene rings is 1. The zero-order valence-electron chi connectivity index (χ0n) is 12.5. The van der Waals surface area contributed by atoms with Crippen molar-refractivity contribution >= 4 is 11.8 Å². The number of ether oxygens (including phenoxy) is 1. The molecule has 1 rings (SSSR count). The number of carbonyl (C=O) groups excluding carboxylic acids is 2. The van der Waals surface area contributed by atoms with Crippen molar-refractivity contribution in [1.29, 1.82) is 0 Å². The Morgan fingerprint density at radius 2 is 1.83 bits per heavy atom. The number of rotatable bonds is 7. The number of alkyl halides is 3. The molecule has 1 aromatic carbocycles. The standard InChI is InChI=1S/C14H18F3N3O3/c1-23-11-4-2-10(3-5-11)12(21)19-7-9-20(8-6-18)13(22)14(15,16)17/h2-5H,6-9,18H2,1H3,(H,19,21). The Hall–Kier alpha value is -2.29. The van der Waals surface area contributed by atoms with E-state index in [-0.39, 0.29) is 26.2 Å². The van der Waals surface area contributed by atoms with Gasteiger partial charge in [-0.2, -0.15) is 13.2 Å². The molecule has 0 bridgehead atoms. The molecule has 0 aromatic heterocycles. The molecule has 2 amide bonds. The summed E-state index contributed by atoms with van der Waals surface area (Å²) in [4.78, 5) is 23.6. The predicted octanol–water partition coefficient (Wildman–Crippen LogP) is 0.775. The fourth-order valence-electron chi connectivity index (χ4n) is 1.80. The molecule has 9 heteroatoms. The molecule has 1 aromatic rings. The minimum atomic E-state index is -4.96. The number of nitrogens with two attached hydrogens (primary N) is 1. The van der Waals surface area contributed by atoms with Crippen molar-refractivity contribution in [1.82, 2.24) is 10.2 Å². The van der Waals surface area contributed by atoms with Gasteiger partial charge in [-0.05, 0) is 24.3 Å². The summed E-state index contributed by atoms with van der Waals surface area (Å²) in [5.41, 5.74) is 5.53. The maximum atomic E-state index is 12.4. The quantitative estimate of drug-likeness (QED) is 0.772. The first-order valence-electron chi connectivity index (χ1n) is 6.78. The van der Waals surface area contributed by atoms with Gasteiger partial charge < -0.3 is 20.7 Å². The van der Waals surface area contributed by atoms with E-state index in [1.165, 1.54) is 19.2 Å². The summed E-state index contributed by atoms with van der Waals surface area (Å²) < 4.78 is 42.2. The number of nitrogens with one attached hydrogen (secondary N) is 1. The highest BCUT2D eigenvalue weighted by atomic mass is 19.4. The summed E-state index contributed by atoms with van der Waals surface area (Å²) in [6, 6.07) is 6.21. The topological polar surface area (TPSA) is 84.7 Å². The van der Waals surface area contributed by atoms with E-state index in [1.54, 1.807) is 12.1 Å². The third-order valence-electron chi connectivity index (χ3n) is 2.95. The van der Waals surface area contributed by atoms with Crippen LogP contribution in [0.4, 0.5) is 13.2 Å². The van der Waals surface area contributed by atoms with Crippen molar-refractivity contribution in [2.24, 2.45) is 5.73 Å². The highest BCUT2D eigenvalue weighted by Crippen LogP contribution is 2.18. The van der Waals surface area contributed by atoms with Crippen molar-refractivity contribution in [3.8, 4) is 5.75 Å². The lowest BCUT2D eigenvalue weighted by atomic mass is 10.2. The third kappa shape index (κ3) is 5.78. The Bertz CT molecular complexity index is 532. The number of nitrogens with zero attached hydrogens (tertiary/aromatic N) is 1. The first-order valence-corrected chi connectivity index (χ1v) is 6.78. The molecule has 6 nitrogen and oxygen atoms in total. The molecule has 0 unspecified atom stereocenters. The summed E-state index contributed by atoms with van der Waals surface area (Å²) in [7, 11) is 1.48. The van der Waals surface area contributed by atoms with Gasteiger partial charge in [-0.25, -0.2) is 0 Å². The van der Waals surface area contributed by atoms with E-state index >= 15 is 0 Å². The maximum absolute atomic E-state index is 12.4. The van der Waals surface area contributed by atoms with Gasteiger partial charge in [0, 0.05) is 31.7 Å². The second-order valence-electron chi connectivity index (χ2n) is 4.56. The van der Waals surface area contributed by atoms with Crippen LogP contribution in [0.2, 0.25) is 0 Å². The molecule has 0 atom stereocenters. The molecule has 0 fully saturated rings. The largest absolute Gasteiger partial charge is 0.497 e. The average molecular weight is 333 g/mol. The lowest BCUT2D eigenvalue weighted by Crippen LogP contribution is -2.46. The Morgan fingerprint density at radius 3 is 2.30 bits per heavy atom. The third-order valence-corrected chi connectivity index (χ3v) is 2.95. The number of halogens is 3. The minimum absolute atomic E-state index is 0.103. The molecule has 0 spiro atoms. The lowest BCUT2D eigenvalue weighted by molar-refractivity contribution is -0.185. The molecule has 0 saturated carbocycles. The van der Waals surface area contributed by atoms with Crippen LogP contribution in [0.5, 0.6) is 5.75 Å². The summed E-state index contributed by atoms with van der Waals surface area (Å²) in [6.07, 6.45) is -4.96. The van der Waals surface area contributed by atoms with Crippen molar-refractivity contribution < 1.29 is 27.5 Å². The first kappa shape index (κ1) is 18.8. The van der Waals surface area contributed by atoms with Gasteiger partial charge in [0.05, 0.1) is 7.11 Å². The average Bonchev–Trinajstić information content (AvgIpc) is 2.52. The molecule has 0 aliphatic rings. The van der Waals surface area contributed by atoms with Crippen molar-refractivity contribution in [3.05, 3.63) is 29.8 Å². The second-order valence-corrected chi connectivity index (χ2v) is 4.56. The van der Waals surface area contributed by atoms with Crippen molar-refractivity contribution in [2.45, 2.75) is 6.18 Å². The molecule has 3 N–H and O–H groups in total. The van der Waals surface area contributed by atoms with Gasteiger partial charge in [0.15, 0.2) is 0 Å². The molecule has 128 valence electrons. The molecular formula is C14H18F3N3O3. The number of methoxy groups -OCH3 is 1. The highest BCUT2D eigenvalue weighted by molar-refractivity contribution is 5.94. The summed E-state index contributed by atoms with van der Waals surface area (Å²) >= 11 is 0. The molecule has 0 aliphatic carbocycles. The molecule has 0 heterocycles. The summed E-state index contributed by atoms with van der Waals surface area (Å²) in [5.74, 6) is -1.85. The van der Waals surface area contributed by atoms with Crippen LogP contribution in [0.15, 0.2) is 24.3 Å². The summed E-state index contributed by atoms with van der Waals surface area (Å²) in [5, 5.41) is 2.45. The number of hydrogen-bond donors (Lipinski definition) is 2. The van der Waals surface area contributed by atoms with Gasteiger partial charge in [0.2, 0.25) is 0 Å². The molecule has 23 heavy (non-hydrogen) atoms. The smallest absolute Gasteiger partial charge is 0.471 e. The van der Waals surface area contributed by atoms with E-state index in [2.05, 4.69) is 5.32 Å². The van der Waals surface area contributed by atoms with Crippen LogP contribution in [0.25, 0.3) is 0 Å². The Morgan fingerprint density at radius 1 is 1.22 bits per heavy atom. The van der Waals surface area contributed by atoms with E-state index in [4.69, 9.17) is 10.5 Å². The number of amides is 2. The van der Waals surface area contributed by atoms with Gasteiger partial charge in [-0.15, -0.1) is 0 Å². The zero-order chi connectivity index (χ0) is 17.5. The monoisotopic (exact) mass is 333 g/mol. The van der Waals surface area contributed by atoms with Crippen LogP contribution in [0.1, 0.15) is 10.4 Å². The van der Waals surface area contributed by atoms with Gasteiger partial charge in [0.1, 0.15) is 5.75 Å². The zero-order valence-corrected chi connectivity index (χ0v) is 12.5. The van der Waals surface area contributed by atoms with Crippen LogP contribution in [-0.2, 0) is 4.79 Å². The molecular weight excluding hydrogens is 315 g/mol. The van der Waals surface area contributed by atoms with Gasteiger partial charge in [0.25, 0.3) is 5.91 Å². The minimum Gasteiger partial charge on any atom is -0.497 e. The fraction of sp³-hybridized carbons (Fsp3) is 0.429. The Kier molecular flexibility index (Phi) is 6.83. The molecule has 0 saturated heterocycles. The van der Waals surface area contributed by atoms with Crippen molar-refractivity contribution in [2.75, 3.05) is 33.3 Å². The van der Waals surface area contributed by atoms with E-state index in [0.29, 0.717) is 16.2 Å². The number of hydrogen-bond acceptors (Lipinski definition) is 4. The van der Waals surface area contributed by atoms with E-state index in [1.807, 2.05) is 0 Å². The van der Waals surface area contributed by atoms with E-state index < -0.39 is 18.0 Å². The Labute approximate surface area is 131 Å². The summed E-state index contributed by atoms with van der Waals surface area (Å²) in [6.45, 7) is -0.741. The fourth-order valence-corrected chi connectivity index (χ4v) is 1.80. The van der Waals surface area contributed by atoms with Crippen molar-refractivity contribution in [3.63, 3.8) is 0 Å². The maximum Gasteiger partial charge on any atom is 0.471 e. The van der Waals surface area contributed by atoms with Gasteiger partial charge >= 0.3 is 12.1 Å². The highest BCUT2D eigenvalue weighted by Gasteiger charge is 2.42. The van der Waals surface area contributed by atoms with Gasteiger partial charge in [-0.3, -0.25) is 9.59 Å². The van der Waals surface area contributed by atoms with E-state index in [0.717, 1.165) is 0 Å². The first-order chi connectivity index (χ1) is 10.8. The Balaban J connectivity index is 2.55. The van der Waals surface area contributed by atoms with Crippen LogP contribution >= 0.6 is 0 Å². The normalized spacial score (nSPS) is 11.0.